The van der Waals surface area contributed by atoms with Crippen LogP contribution in [0.1, 0.15) is 16.1 Å². The Balaban J connectivity index is 1.39. The van der Waals surface area contributed by atoms with Gasteiger partial charge in [0.1, 0.15) is 5.75 Å². The number of hydrogen-bond acceptors (Lipinski definition) is 7. The summed E-state index contributed by atoms with van der Waals surface area (Å²) in [6.07, 6.45) is 1.70. The molecular weight excluding hydrogens is 380 g/mol. The van der Waals surface area contributed by atoms with Gasteiger partial charge < -0.3 is 24.3 Å². The zero-order valence-electron chi connectivity index (χ0n) is 18.0. The summed E-state index contributed by atoms with van der Waals surface area (Å²) in [5.74, 6) is 1.59. The standard InChI is InChI=1S/C22H30N6O2/c1-17-20(16-23-22(24-17)28-9-7-25(2)8-10-28)21(29)27-13-11-26(12-14-27)18-5-4-6-19(15-18)30-3/h4-6,15-16H,7-14H2,1-3H3. The van der Waals surface area contributed by atoms with Gasteiger partial charge in [-0.15, -0.1) is 0 Å². The van der Waals surface area contributed by atoms with E-state index < -0.39 is 0 Å². The van der Waals surface area contributed by atoms with Crippen LogP contribution >= 0.6 is 0 Å². The first-order valence-corrected chi connectivity index (χ1v) is 10.5. The molecule has 30 heavy (non-hydrogen) atoms. The molecule has 2 aliphatic rings. The summed E-state index contributed by atoms with van der Waals surface area (Å²) in [6, 6.07) is 8.05. The molecule has 0 N–H and O–H groups in total. The minimum Gasteiger partial charge on any atom is -0.497 e. The number of likely N-dealkylation sites (N-methyl/N-ethyl adjacent to an activating group) is 1. The molecule has 2 fully saturated rings. The second kappa shape index (κ2) is 8.87. The van der Waals surface area contributed by atoms with Gasteiger partial charge >= 0.3 is 0 Å². The van der Waals surface area contributed by atoms with Crippen molar-refractivity contribution in [2.75, 3.05) is 76.3 Å². The van der Waals surface area contributed by atoms with E-state index in [0.29, 0.717) is 18.7 Å². The predicted molar refractivity (Wildman–Crippen MR) is 118 cm³/mol. The van der Waals surface area contributed by atoms with Crippen molar-refractivity contribution in [3.8, 4) is 5.75 Å². The van der Waals surface area contributed by atoms with Gasteiger partial charge in [-0.2, -0.15) is 0 Å². The number of piperazine rings is 2. The quantitative estimate of drug-likeness (QED) is 0.757. The molecule has 160 valence electrons. The van der Waals surface area contributed by atoms with Crippen LogP contribution < -0.4 is 14.5 Å². The fourth-order valence-corrected chi connectivity index (χ4v) is 3.97. The first-order valence-electron chi connectivity index (χ1n) is 10.5. The molecule has 8 nitrogen and oxygen atoms in total. The molecule has 0 spiro atoms. The Bertz CT molecular complexity index is 889. The first-order chi connectivity index (χ1) is 14.5. The second-order valence-electron chi connectivity index (χ2n) is 7.94. The molecule has 1 amide bonds. The minimum atomic E-state index is 0.0164. The van der Waals surface area contributed by atoms with Crippen molar-refractivity contribution in [2.45, 2.75) is 6.92 Å². The summed E-state index contributed by atoms with van der Waals surface area (Å²) < 4.78 is 5.32. The van der Waals surface area contributed by atoms with Gasteiger partial charge in [0.2, 0.25) is 5.95 Å². The molecular formula is C22H30N6O2. The van der Waals surface area contributed by atoms with Crippen molar-refractivity contribution in [3.05, 3.63) is 41.7 Å². The lowest BCUT2D eigenvalue weighted by molar-refractivity contribution is 0.0745. The highest BCUT2D eigenvalue weighted by Gasteiger charge is 2.25. The number of hydrogen-bond donors (Lipinski definition) is 0. The van der Waals surface area contributed by atoms with Gasteiger partial charge in [0.25, 0.3) is 5.91 Å². The van der Waals surface area contributed by atoms with E-state index in [2.05, 4.69) is 37.8 Å². The summed E-state index contributed by atoms with van der Waals surface area (Å²) in [5, 5.41) is 0. The van der Waals surface area contributed by atoms with Crippen LogP contribution in [0, 0.1) is 6.92 Å². The van der Waals surface area contributed by atoms with Gasteiger partial charge in [0.15, 0.2) is 0 Å². The average molecular weight is 411 g/mol. The minimum absolute atomic E-state index is 0.0164. The Morgan fingerprint density at radius 2 is 1.70 bits per heavy atom. The largest absolute Gasteiger partial charge is 0.497 e. The summed E-state index contributed by atoms with van der Waals surface area (Å²) in [5.41, 5.74) is 2.47. The maximum Gasteiger partial charge on any atom is 0.257 e. The normalized spacial score (nSPS) is 17.9. The van der Waals surface area contributed by atoms with E-state index in [0.717, 1.165) is 62.3 Å². The van der Waals surface area contributed by atoms with E-state index in [9.17, 15) is 4.79 Å². The number of nitrogens with zero attached hydrogens (tertiary/aromatic N) is 6. The van der Waals surface area contributed by atoms with Crippen molar-refractivity contribution in [2.24, 2.45) is 0 Å². The summed E-state index contributed by atoms with van der Waals surface area (Å²) in [6.45, 7) is 8.66. The highest BCUT2D eigenvalue weighted by Crippen LogP contribution is 2.23. The van der Waals surface area contributed by atoms with Crippen LogP contribution in [0.3, 0.4) is 0 Å². The number of aromatic nitrogens is 2. The lowest BCUT2D eigenvalue weighted by atomic mass is 10.2. The van der Waals surface area contributed by atoms with Crippen LogP contribution in [0.25, 0.3) is 0 Å². The molecule has 0 bridgehead atoms. The molecule has 2 aromatic rings. The molecule has 3 heterocycles. The third-order valence-electron chi connectivity index (χ3n) is 5.97. The number of carbonyl (C=O) groups excluding carboxylic acids is 1. The van der Waals surface area contributed by atoms with Gasteiger partial charge in [-0.05, 0) is 26.1 Å². The number of anilines is 2. The summed E-state index contributed by atoms with van der Waals surface area (Å²) in [4.78, 5) is 30.9. The van der Waals surface area contributed by atoms with Crippen LogP contribution in [-0.2, 0) is 0 Å². The molecule has 4 rings (SSSR count). The van der Waals surface area contributed by atoms with Gasteiger partial charge in [-0.1, -0.05) is 6.07 Å². The van der Waals surface area contributed by atoms with Gasteiger partial charge in [-0.3, -0.25) is 4.79 Å². The van der Waals surface area contributed by atoms with Crippen LogP contribution in [-0.4, -0.2) is 92.2 Å². The van der Waals surface area contributed by atoms with Crippen molar-refractivity contribution < 1.29 is 9.53 Å². The highest BCUT2D eigenvalue weighted by molar-refractivity contribution is 5.95. The molecule has 0 saturated carbocycles. The van der Waals surface area contributed by atoms with E-state index in [1.807, 2.05) is 30.0 Å². The van der Waals surface area contributed by atoms with Crippen LogP contribution in [0.2, 0.25) is 0 Å². The molecule has 0 radical (unpaired) electrons. The molecule has 2 saturated heterocycles. The Hall–Kier alpha value is -2.87. The summed E-state index contributed by atoms with van der Waals surface area (Å²) in [7, 11) is 3.80. The third-order valence-corrected chi connectivity index (χ3v) is 5.97. The van der Waals surface area contributed by atoms with E-state index in [-0.39, 0.29) is 5.91 Å². The lowest BCUT2D eigenvalue weighted by Crippen LogP contribution is -2.49. The maximum absolute atomic E-state index is 13.1. The first kappa shape index (κ1) is 20.4. The zero-order chi connectivity index (χ0) is 21.1. The molecule has 1 aromatic carbocycles. The predicted octanol–water partition coefficient (Wildman–Crippen LogP) is 1.51. The topological polar surface area (TPSA) is 65.0 Å². The summed E-state index contributed by atoms with van der Waals surface area (Å²) >= 11 is 0. The number of rotatable bonds is 4. The highest BCUT2D eigenvalue weighted by atomic mass is 16.5. The molecule has 0 aliphatic carbocycles. The van der Waals surface area contributed by atoms with Crippen LogP contribution in [0.5, 0.6) is 5.75 Å². The van der Waals surface area contributed by atoms with Crippen molar-refractivity contribution >= 4 is 17.5 Å². The molecule has 0 atom stereocenters. The third kappa shape index (κ3) is 4.33. The van der Waals surface area contributed by atoms with Gasteiger partial charge in [-0.25, -0.2) is 9.97 Å². The Kier molecular flexibility index (Phi) is 6.03. The number of amides is 1. The smallest absolute Gasteiger partial charge is 0.257 e. The van der Waals surface area contributed by atoms with E-state index in [1.54, 1.807) is 13.3 Å². The van der Waals surface area contributed by atoms with E-state index in [4.69, 9.17) is 4.74 Å². The van der Waals surface area contributed by atoms with E-state index in [1.165, 1.54) is 0 Å². The molecule has 2 aliphatic heterocycles. The van der Waals surface area contributed by atoms with Crippen LogP contribution in [0.4, 0.5) is 11.6 Å². The fraction of sp³-hybridized carbons (Fsp3) is 0.500. The molecule has 1 aromatic heterocycles. The zero-order valence-corrected chi connectivity index (χ0v) is 18.0. The average Bonchev–Trinajstić information content (AvgIpc) is 2.79. The molecule has 8 heteroatoms. The van der Waals surface area contributed by atoms with Gasteiger partial charge in [0, 0.05) is 70.3 Å². The Labute approximate surface area is 178 Å². The van der Waals surface area contributed by atoms with Crippen LogP contribution in [0.15, 0.2) is 30.5 Å². The number of methoxy groups -OCH3 is 1. The Morgan fingerprint density at radius 3 is 2.37 bits per heavy atom. The Morgan fingerprint density at radius 1 is 1.00 bits per heavy atom. The maximum atomic E-state index is 13.1. The fourth-order valence-electron chi connectivity index (χ4n) is 3.97. The molecule has 0 unspecified atom stereocenters. The number of carbonyl (C=O) groups is 1. The lowest BCUT2D eigenvalue weighted by Gasteiger charge is -2.36. The van der Waals surface area contributed by atoms with Gasteiger partial charge in [0.05, 0.1) is 18.4 Å². The van der Waals surface area contributed by atoms with Crippen molar-refractivity contribution in [1.82, 2.24) is 19.8 Å². The SMILES string of the molecule is COc1cccc(N2CCN(C(=O)c3cnc(N4CCN(C)CC4)nc3C)CC2)c1. The number of aryl methyl sites for hydroxylation is 1. The number of benzene rings is 1. The second-order valence-corrected chi connectivity index (χ2v) is 7.94. The number of ether oxygens (including phenoxy) is 1. The monoisotopic (exact) mass is 410 g/mol. The van der Waals surface area contributed by atoms with Crippen molar-refractivity contribution in [3.63, 3.8) is 0 Å². The van der Waals surface area contributed by atoms with E-state index >= 15 is 0 Å². The van der Waals surface area contributed by atoms with Crippen molar-refractivity contribution in [1.29, 1.82) is 0 Å².